The van der Waals surface area contributed by atoms with Crippen LogP contribution in [0, 0.1) is 34.5 Å². The number of esters is 2. The summed E-state index contributed by atoms with van der Waals surface area (Å²) in [4.78, 5) is 25.8. The van der Waals surface area contributed by atoms with E-state index in [2.05, 4.69) is 0 Å². The van der Waals surface area contributed by atoms with Gasteiger partial charge in [0.15, 0.2) is 0 Å². The number of hydrogen-bond donors (Lipinski definition) is 3. The van der Waals surface area contributed by atoms with Crippen molar-refractivity contribution in [3.05, 3.63) is 0 Å². The lowest BCUT2D eigenvalue weighted by molar-refractivity contribution is -0.167. The molecule has 0 aromatic carbocycles. The first-order chi connectivity index (χ1) is 12.4. The number of aliphatic hydroxyl groups excluding tert-OH is 3. The summed E-state index contributed by atoms with van der Waals surface area (Å²) >= 11 is 0. The third-order valence-corrected chi connectivity index (χ3v) is 8.70. The summed E-state index contributed by atoms with van der Waals surface area (Å²) in [7, 11) is 1.33. The first-order valence-corrected chi connectivity index (χ1v) is 9.65. The molecule has 144 valence electrons. The van der Waals surface area contributed by atoms with Crippen LogP contribution in [0.1, 0.15) is 38.5 Å². The molecule has 0 aromatic heterocycles. The highest BCUT2D eigenvalue weighted by molar-refractivity contribution is 5.86. The Kier molecular flexibility index (Phi) is 3.26. The highest BCUT2D eigenvalue weighted by atomic mass is 16.6. The van der Waals surface area contributed by atoms with Crippen LogP contribution in [0.3, 0.4) is 0 Å². The molecule has 9 atom stereocenters. The summed E-state index contributed by atoms with van der Waals surface area (Å²) in [5.74, 6) is -2.13. The highest BCUT2D eigenvalue weighted by Gasteiger charge is 2.84. The Hall–Kier alpha value is -1.18. The van der Waals surface area contributed by atoms with Crippen LogP contribution in [0.2, 0.25) is 0 Å². The van der Waals surface area contributed by atoms with Crippen molar-refractivity contribution in [3.63, 3.8) is 0 Å². The molecule has 1 heterocycles. The molecule has 26 heavy (non-hydrogen) atoms. The van der Waals surface area contributed by atoms with Crippen LogP contribution in [0.25, 0.3) is 0 Å². The molecular formula is C19H26O7. The fourth-order valence-corrected chi connectivity index (χ4v) is 7.92. The molecule has 5 aliphatic rings. The van der Waals surface area contributed by atoms with Crippen LogP contribution in [0.4, 0.5) is 0 Å². The highest BCUT2D eigenvalue weighted by Crippen LogP contribution is 2.77. The number of hydrogen-bond acceptors (Lipinski definition) is 7. The van der Waals surface area contributed by atoms with E-state index in [1.807, 2.05) is 0 Å². The van der Waals surface area contributed by atoms with Gasteiger partial charge >= 0.3 is 11.9 Å². The minimum atomic E-state index is -1.47. The van der Waals surface area contributed by atoms with Crippen molar-refractivity contribution in [2.24, 2.45) is 34.5 Å². The average molecular weight is 366 g/mol. The summed E-state index contributed by atoms with van der Waals surface area (Å²) in [6, 6.07) is 0. The molecule has 0 amide bonds. The number of rotatable bonds is 2. The first kappa shape index (κ1) is 17.0. The Balaban J connectivity index is 1.74. The smallest absolute Gasteiger partial charge is 0.318 e. The van der Waals surface area contributed by atoms with Crippen molar-refractivity contribution in [3.8, 4) is 0 Å². The van der Waals surface area contributed by atoms with Crippen LogP contribution in [-0.2, 0) is 19.1 Å². The molecule has 7 heteroatoms. The predicted molar refractivity (Wildman–Crippen MR) is 86.5 cm³/mol. The zero-order chi connectivity index (χ0) is 18.5. The quantitative estimate of drug-likeness (QED) is 0.590. The number of methoxy groups -OCH3 is 1. The number of aliphatic hydroxyl groups is 3. The maximum atomic E-state index is 13.0. The summed E-state index contributed by atoms with van der Waals surface area (Å²) in [5.41, 5.74) is -2.79. The van der Waals surface area contributed by atoms with Gasteiger partial charge in [-0.1, -0.05) is 0 Å². The Bertz CT molecular complexity index is 675. The van der Waals surface area contributed by atoms with E-state index in [0.29, 0.717) is 25.7 Å². The van der Waals surface area contributed by atoms with Gasteiger partial charge in [0.1, 0.15) is 11.0 Å². The van der Waals surface area contributed by atoms with Gasteiger partial charge in [0, 0.05) is 11.8 Å². The van der Waals surface area contributed by atoms with Gasteiger partial charge in [-0.25, -0.2) is 0 Å². The maximum Gasteiger partial charge on any atom is 0.318 e. The number of fused-ring (bicyclic) bond motifs is 1. The molecule has 1 spiro atoms. The largest absolute Gasteiger partial charge is 0.469 e. The van der Waals surface area contributed by atoms with Crippen LogP contribution < -0.4 is 0 Å². The van der Waals surface area contributed by atoms with Crippen molar-refractivity contribution in [1.29, 1.82) is 0 Å². The first-order valence-electron chi connectivity index (χ1n) is 9.65. The van der Waals surface area contributed by atoms with Gasteiger partial charge in [0.05, 0.1) is 31.8 Å². The molecule has 0 aromatic rings. The van der Waals surface area contributed by atoms with E-state index in [1.165, 1.54) is 7.11 Å². The van der Waals surface area contributed by atoms with E-state index in [-0.39, 0.29) is 11.8 Å². The summed E-state index contributed by atoms with van der Waals surface area (Å²) < 4.78 is 11.1. The number of carbonyl (C=O) groups excluding carboxylic acids is 2. The van der Waals surface area contributed by atoms with Gasteiger partial charge < -0.3 is 24.8 Å². The monoisotopic (exact) mass is 366 g/mol. The van der Waals surface area contributed by atoms with Crippen molar-refractivity contribution in [2.75, 3.05) is 13.7 Å². The summed E-state index contributed by atoms with van der Waals surface area (Å²) in [6.45, 7) is -0.540. The normalized spacial score (nSPS) is 56.7. The fourth-order valence-electron chi connectivity index (χ4n) is 7.92. The molecule has 4 bridgehead atoms. The number of carbonyl (C=O) groups is 2. The second kappa shape index (κ2) is 5.00. The summed E-state index contributed by atoms with van der Waals surface area (Å²) in [5, 5.41) is 31.5. The zero-order valence-electron chi connectivity index (χ0n) is 14.9. The Morgan fingerprint density at radius 1 is 1.27 bits per heavy atom. The Labute approximate surface area is 151 Å². The lowest BCUT2D eigenvalue weighted by atomic mass is 9.58. The van der Waals surface area contributed by atoms with E-state index < -0.39 is 59.0 Å². The molecule has 0 radical (unpaired) electrons. The van der Waals surface area contributed by atoms with Gasteiger partial charge in [0.2, 0.25) is 0 Å². The molecule has 0 unspecified atom stereocenters. The second-order valence-electron chi connectivity index (χ2n) is 9.17. The predicted octanol–water partition coefficient (Wildman–Crippen LogP) is 0.00170. The molecule has 5 rings (SSSR count). The van der Waals surface area contributed by atoms with Crippen LogP contribution >= 0.6 is 0 Å². The summed E-state index contributed by atoms with van der Waals surface area (Å²) in [6.07, 6.45) is 2.21. The second-order valence-corrected chi connectivity index (χ2v) is 9.17. The van der Waals surface area contributed by atoms with E-state index in [4.69, 9.17) is 9.47 Å². The van der Waals surface area contributed by atoms with Gasteiger partial charge in [0.25, 0.3) is 0 Å². The van der Waals surface area contributed by atoms with Gasteiger partial charge in [-0.2, -0.15) is 0 Å². The minimum absolute atomic E-state index is 0.0395. The minimum Gasteiger partial charge on any atom is -0.469 e. The molecule has 5 fully saturated rings. The van der Waals surface area contributed by atoms with E-state index in [9.17, 15) is 24.9 Å². The average Bonchev–Trinajstić information content (AvgIpc) is 3.09. The lowest BCUT2D eigenvalue weighted by Crippen LogP contribution is -2.56. The molecule has 7 nitrogen and oxygen atoms in total. The molecule has 1 saturated heterocycles. The zero-order valence-corrected chi connectivity index (χ0v) is 14.9. The number of ether oxygens (including phenoxy) is 2. The van der Waals surface area contributed by atoms with Gasteiger partial charge in [-0.05, 0) is 49.9 Å². The van der Waals surface area contributed by atoms with E-state index in [0.717, 1.165) is 12.8 Å². The molecule has 4 aliphatic carbocycles. The Morgan fingerprint density at radius 3 is 2.73 bits per heavy atom. The van der Waals surface area contributed by atoms with Crippen LogP contribution in [0.5, 0.6) is 0 Å². The van der Waals surface area contributed by atoms with Crippen LogP contribution in [-0.4, -0.2) is 58.8 Å². The topological polar surface area (TPSA) is 113 Å². The van der Waals surface area contributed by atoms with Gasteiger partial charge in [-0.3, -0.25) is 9.59 Å². The molecule has 1 aliphatic heterocycles. The van der Waals surface area contributed by atoms with Crippen molar-refractivity contribution in [1.82, 2.24) is 0 Å². The molecular weight excluding hydrogens is 340 g/mol. The molecule has 3 N–H and O–H groups in total. The van der Waals surface area contributed by atoms with Crippen molar-refractivity contribution in [2.45, 2.75) is 56.3 Å². The maximum absolute atomic E-state index is 13.0. The lowest BCUT2D eigenvalue weighted by Gasteiger charge is -2.44. The fraction of sp³-hybridized carbons (Fsp3) is 0.895. The van der Waals surface area contributed by atoms with Crippen LogP contribution in [0.15, 0.2) is 0 Å². The van der Waals surface area contributed by atoms with E-state index in [1.54, 1.807) is 0 Å². The molecule has 4 saturated carbocycles. The Morgan fingerprint density at radius 2 is 2.04 bits per heavy atom. The standard InChI is InChI=1S/C19H26O7/c1-25-15(23)13-14-18(8-20)12(22)4-5-19(14,26-16(18)24)11-3-2-9-6-17(11,13)7-10(9)21/h9-14,20-22H,2-8H2,1H3/t9-,10+,11-,12+,13-,14-,17-,18+,19-/m1/s1. The third kappa shape index (κ3) is 1.55. The third-order valence-electron chi connectivity index (χ3n) is 8.70. The van der Waals surface area contributed by atoms with Crippen molar-refractivity contribution >= 4 is 11.9 Å². The van der Waals surface area contributed by atoms with Crippen molar-refractivity contribution < 1.29 is 34.4 Å². The van der Waals surface area contributed by atoms with E-state index >= 15 is 0 Å². The SMILES string of the molecule is COC(=O)[C@H]1[C@H]2[C@@]3(CC[C@H](O)[C@]2(CO)C(=O)O3)[C@@H]2CC[C@@H]3C[C@@]21C[C@@H]3O. The van der Waals surface area contributed by atoms with Gasteiger partial charge in [-0.15, -0.1) is 0 Å².